The van der Waals surface area contributed by atoms with Gasteiger partial charge in [-0.25, -0.2) is 9.78 Å². The Morgan fingerprint density at radius 3 is 2.83 bits per heavy atom. The van der Waals surface area contributed by atoms with Gasteiger partial charge in [-0.3, -0.25) is 0 Å². The summed E-state index contributed by atoms with van der Waals surface area (Å²) in [6.45, 7) is 1.96. The third kappa shape index (κ3) is 1.85. The molecule has 18 heavy (non-hydrogen) atoms. The second-order valence-electron chi connectivity index (χ2n) is 5.55. The van der Waals surface area contributed by atoms with Gasteiger partial charge in [-0.1, -0.05) is 12.8 Å². The van der Waals surface area contributed by atoms with Crippen molar-refractivity contribution in [2.75, 3.05) is 18.0 Å². The monoisotopic (exact) mass is 246 g/mol. The number of hydrogen-bond acceptors (Lipinski definition) is 3. The Balaban J connectivity index is 1.86. The van der Waals surface area contributed by atoms with Crippen molar-refractivity contribution < 1.29 is 9.90 Å². The smallest absolute Gasteiger partial charge is 0.356 e. The lowest BCUT2D eigenvalue weighted by molar-refractivity contribution is 0.0691. The molecule has 4 heteroatoms. The van der Waals surface area contributed by atoms with E-state index in [4.69, 9.17) is 0 Å². The van der Waals surface area contributed by atoms with E-state index in [9.17, 15) is 9.90 Å². The lowest BCUT2D eigenvalue weighted by atomic mass is 9.86. The highest BCUT2D eigenvalue weighted by atomic mass is 16.4. The van der Waals surface area contributed by atoms with Crippen molar-refractivity contribution in [3.63, 3.8) is 0 Å². The number of hydrogen-bond donors (Lipinski definition) is 1. The minimum atomic E-state index is -0.932. The van der Waals surface area contributed by atoms with Crippen LogP contribution in [0.5, 0.6) is 0 Å². The molecule has 2 aliphatic rings. The van der Waals surface area contributed by atoms with E-state index < -0.39 is 5.97 Å². The van der Waals surface area contributed by atoms with Crippen molar-refractivity contribution in [2.45, 2.75) is 32.1 Å². The van der Waals surface area contributed by atoms with Crippen LogP contribution in [0.3, 0.4) is 0 Å². The fourth-order valence-corrected chi connectivity index (χ4v) is 3.49. The van der Waals surface area contributed by atoms with Crippen LogP contribution in [0.25, 0.3) is 0 Å². The normalized spacial score (nSPS) is 21.7. The SMILES string of the molecule is O=C(O)c1ncccc1N1CCC2(CCCC2)C1. The molecule has 1 aliphatic heterocycles. The topological polar surface area (TPSA) is 53.4 Å². The zero-order valence-electron chi connectivity index (χ0n) is 10.4. The first kappa shape index (κ1) is 11.5. The number of anilines is 1. The van der Waals surface area contributed by atoms with Gasteiger partial charge in [0.1, 0.15) is 0 Å². The van der Waals surface area contributed by atoms with Crippen molar-refractivity contribution in [3.8, 4) is 0 Å². The summed E-state index contributed by atoms with van der Waals surface area (Å²) in [6, 6.07) is 3.70. The molecule has 1 spiro atoms. The Morgan fingerprint density at radius 2 is 2.11 bits per heavy atom. The molecule has 1 aromatic heterocycles. The number of rotatable bonds is 2. The summed E-state index contributed by atoms with van der Waals surface area (Å²) in [6.07, 6.45) is 7.99. The van der Waals surface area contributed by atoms with Crippen molar-refractivity contribution >= 4 is 11.7 Å². The molecule has 2 heterocycles. The number of aromatic nitrogens is 1. The van der Waals surface area contributed by atoms with Crippen LogP contribution >= 0.6 is 0 Å². The molecule has 3 rings (SSSR count). The molecule has 1 saturated heterocycles. The van der Waals surface area contributed by atoms with E-state index in [1.807, 2.05) is 12.1 Å². The van der Waals surface area contributed by atoms with Crippen LogP contribution in [0.2, 0.25) is 0 Å². The predicted octanol–water partition coefficient (Wildman–Crippen LogP) is 2.55. The highest BCUT2D eigenvalue weighted by Crippen LogP contribution is 2.46. The van der Waals surface area contributed by atoms with Crippen molar-refractivity contribution in [1.82, 2.24) is 4.98 Å². The minimum Gasteiger partial charge on any atom is -0.476 e. The quantitative estimate of drug-likeness (QED) is 0.871. The van der Waals surface area contributed by atoms with Crippen molar-refractivity contribution in [2.24, 2.45) is 5.41 Å². The summed E-state index contributed by atoms with van der Waals surface area (Å²) in [5.41, 5.74) is 1.42. The summed E-state index contributed by atoms with van der Waals surface area (Å²) in [5, 5.41) is 9.19. The van der Waals surface area contributed by atoms with Crippen LogP contribution in [0.4, 0.5) is 5.69 Å². The predicted molar refractivity (Wildman–Crippen MR) is 68.9 cm³/mol. The van der Waals surface area contributed by atoms with Crippen LogP contribution in [-0.2, 0) is 0 Å². The number of carboxylic acids is 1. The number of aromatic carboxylic acids is 1. The number of carbonyl (C=O) groups is 1. The molecule has 0 aromatic carbocycles. The second kappa shape index (κ2) is 4.26. The van der Waals surface area contributed by atoms with Gasteiger partial charge in [-0.05, 0) is 36.8 Å². The first-order valence-electron chi connectivity index (χ1n) is 6.64. The van der Waals surface area contributed by atoms with Gasteiger partial charge in [0, 0.05) is 19.3 Å². The van der Waals surface area contributed by atoms with Gasteiger partial charge >= 0.3 is 5.97 Å². The van der Waals surface area contributed by atoms with Gasteiger partial charge in [-0.2, -0.15) is 0 Å². The molecule has 1 saturated carbocycles. The molecule has 0 radical (unpaired) electrons. The molecular formula is C14H18N2O2. The number of pyridine rings is 1. The Kier molecular flexibility index (Phi) is 2.73. The zero-order chi connectivity index (χ0) is 12.6. The van der Waals surface area contributed by atoms with Gasteiger partial charge in [0.15, 0.2) is 5.69 Å². The van der Waals surface area contributed by atoms with E-state index in [1.54, 1.807) is 6.20 Å². The van der Waals surface area contributed by atoms with Crippen molar-refractivity contribution in [3.05, 3.63) is 24.0 Å². The Hall–Kier alpha value is -1.58. The van der Waals surface area contributed by atoms with Gasteiger partial charge < -0.3 is 10.0 Å². The maximum atomic E-state index is 11.2. The fourth-order valence-electron chi connectivity index (χ4n) is 3.49. The number of nitrogens with zero attached hydrogens (tertiary/aromatic N) is 2. The van der Waals surface area contributed by atoms with Crippen LogP contribution in [0, 0.1) is 5.41 Å². The van der Waals surface area contributed by atoms with Gasteiger partial charge in [-0.15, -0.1) is 0 Å². The van der Waals surface area contributed by atoms with Crippen LogP contribution in [-0.4, -0.2) is 29.1 Å². The molecule has 0 unspecified atom stereocenters. The summed E-state index contributed by atoms with van der Waals surface area (Å²) >= 11 is 0. The Labute approximate surface area is 107 Å². The highest BCUT2D eigenvalue weighted by Gasteiger charge is 2.40. The maximum absolute atomic E-state index is 11.2. The van der Waals surface area contributed by atoms with Gasteiger partial charge in [0.05, 0.1) is 5.69 Å². The summed E-state index contributed by atoms with van der Waals surface area (Å²) in [7, 11) is 0. The highest BCUT2D eigenvalue weighted by molar-refractivity contribution is 5.92. The van der Waals surface area contributed by atoms with E-state index in [0.717, 1.165) is 18.8 Å². The molecule has 1 aliphatic carbocycles. The average molecular weight is 246 g/mol. The van der Waals surface area contributed by atoms with Crippen LogP contribution in [0.15, 0.2) is 18.3 Å². The van der Waals surface area contributed by atoms with E-state index in [2.05, 4.69) is 9.88 Å². The van der Waals surface area contributed by atoms with E-state index in [0.29, 0.717) is 5.41 Å². The third-order valence-electron chi connectivity index (χ3n) is 4.43. The summed E-state index contributed by atoms with van der Waals surface area (Å²) in [5.74, 6) is -0.932. The van der Waals surface area contributed by atoms with Crippen LogP contribution in [0.1, 0.15) is 42.6 Å². The molecule has 0 atom stereocenters. The molecule has 4 nitrogen and oxygen atoms in total. The van der Waals surface area contributed by atoms with Gasteiger partial charge in [0.2, 0.25) is 0 Å². The minimum absolute atomic E-state index is 0.188. The Bertz CT molecular complexity index is 467. The van der Waals surface area contributed by atoms with E-state index in [-0.39, 0.29) is 5.69 Å². The van der Waals surface area contributed by atoms with Crippen molar-refractivity contribution in [1.29, 1.82) is 0 Å². The number of carboxylic acid groups (broad SMARTS) is 1. The molecule has 1 N–H and O–H groups in total. The Morgan fingerprint density at radius 1 is 1.33 bits per heavy atom. The zero-order valence-corrected chi connectivity index (χ0v) is 10.4. The molecule has 1 aromatic rings. The summed E-state index contributed by atoms with van der Waals surface area (Å²) in [4.78, 5) is 17.4. The molecule has 0 amide bonds. The molecule has 0 bridgehead atoms. The first-order chi connectivity index (χ1) is 8.70. The van der Waals surface area contributed by atoms with Gasteiger partial charge in [0.25, 0.3) is 0 Å². The van der Waals surface area contributed by atoms with E-state index in [1.165, 1.54) is 32.1 Å². The molecule has 96 valence electrons. The lowest BCUT2D eigenvalue weighted by Gasteiger charge is -2.25. The fraction of sp³-hybridized carbons (Fsp3) is 0.571. The molecule has 2 fully saturated rings. The average Bonchev–Trinajstić information content (AvgIpc) is 3.00. The summed E-state index contributed by atoms with van der Waals surface area (Å²) < 4.78 is 0. The largest absolute Gasteiger partial charge is 0.476 e. The molecular weight excluding hydrogens is 228 g/mol. The van der Waals surface area contributed by atoms with E-state index >= 15 is 0 Å². The first-order valence-corrected chi connectivity index (χ1v) is 6.64. The maximum Gasteiger partial charge on any atom is 0.356 e. The second-order valence-corrected chi connectivity index (χ2v) is 5.55. The standard InChI is InChI=1S/C14H18N2O2/c17-13(18)12-11(4-3-8-15-12)16-9-7-14(10-16)5-1-2-6-14/h3-4,8H,1-2,5-7,9-10H2,(H,17,18). The third-order valence-corrected chi connectivity index (χ3v) is 4.43. The lowest BCUT2D eigenvalue weighted by Crippen LogP contribution is -2.26. The van der Waals surface area contributed by atoms with Crippen LogP contribution < -0.4 is 4.90 Å².